The molecule has 0 atom stereocenters. The Morgan fingerprint density at radius 2 is 2.12 bits per heavy atom. The lowest BCUT2D eigenvalue weighted by atomic mass is 10.1. The van der Waals surface area contributed by atoms with Gasteiger partial charge in [0.2, 0.25) is 0 Å². The predicted molar refractivity (Wildman–Crippen MR) is 66.1 cm³/mol. The van der Waals surface area contributed by atoms with Gasteiger partial charge in [-0.3, -0.25) is 5.41 Å². The van der Waals surface area contributed by atoms with Gasteiger partial charge in [0, 0.05) is 31.3 Å². The maximum Gasteiger partial charge on any atom is 0.100 e. The number of hydrogen-bond acceptors (Lipinski definition) is 2. The zero-order chi connectivity index (χ0) is 11.4. The summed E-state index contributed by atoms with van der Waals surface area (Å²) in [6.45, 7) is 1.57. The molecule has 1 saturated heterocycles. The Balaban J connectivity index is 2.27. The van der Waals surface area contributed by atoms with Crippen molar-refractivity contribution in [2.24, 2.45) is 0 Å². The minimum atomic E-state index is 0.611. The molecule has 1 aromatic carbocycles. The van der Waals surface area contributed by atoms with Crippen molar-refractivity contribution in [1.82, 2.24) is 0 Å². The Morgan fingerprint density at radius 1 is 1.31 bits per heavy atom. The molecule has 1 aliphatic rings. The van der Waals surface area contributed by atoms with Gasteiger partial charge in [0.05, 0.1) is 6.61 Å². The van der Waals surface area contributed by atoms with Gasteiger partial charge in [0.15, 0.2) is 0 Å². The molecule has 1 aromatic rings. The quantitative estimate of drug-likeness (QED) is 0.846. The number of benzene rings is 1. The minimum absolute atomic E-state index is 0.611. The summed E-state index contributed by atoms with van der Waals surface area (Å²) in [6.07, 6.45) is 3.20. The van der Waals surface area contributed by atoms with E-state index in [0.29, 0.717) is 6.61 Å². The van der Waals surface area contributed by atoms with E-state index < -0.39 is 0 Å². The maximum atomic E-state index is 8.00. The fourth-order valence-corrected chi connectivity index (χ4v) is 2.15. The molecule has 0 spiro atoms. The van der Waals surface area contributed by atoms with Crippen LogP contribution in [0.25, 0.3) is 0 Å². The Kier molecular flexibility index (Phi) is 3.57. The van der Waals surface area contributed by atoms with Crippen LogP contribution >= 0.6 is 0 Å². The second-order valence-electron chi connectivity index (χ2n) is 4.12. The first-order chi connectivity index (χ1) is 7.83. The molecule has 0 saturated carbocycles. The normalized spacial score (nSPS) is 16.6. The number of nitrogens with zero attached hydrogens (tertiary/aromatic N) is 1. The van der Waals surface area contributed by atoms with Crippen molar-refractivity contribution in [3.63, 3.8) is 0 Å². The number of methoxy groups -OCH3 is 1. The van der Waals surface area contributed by atoms with Crippen molar-refractivity contribution >= 4 is 11.5 Å². The molecular weight excluding hydrogens is 200 g/mol. The van der Waals surface area contributed by atoms with Gasteiger partial charge in [-0.25, -0.2) is 0 Å². The number of piperidine rings is 1. The highest BCUT2D eigenvalue weighted by Crippen LogP contribution is 2.25. The van der Waals surface area contributed by atoms with Crippen molar-refractivity contribution in [3.05, 3.63) is 29.8 Å². The summed E-state index contributed by atoms with van der Waals surface area (Å²) >= 11 is 0. The van der Waals surface area contributed by atoms with Gasteiger partial charge in [0.1, 0.15) is 5.84 Å². The second kappa shape index (κ2) is 5.12. The third-order valence-corrected chi connectivity index (χ3v) is 2.95. The molecule has 0 aromatic heterocycles. The van der Waals surface area contributed by atoms with E-state index >= 15 is 0 Å². The molecule has 3 nitrogen and oxygen atoms in total. The average molecular weight is 218 g/mol. The molecule has 1 aliphatic heterocycles. The molecule has 16 heavy (non-hydrogen) atoms. The molecule has 1 N–H and O–H groups in total. The average Bonchev–Trinajstić information content (AvgIpc) is 2.31. The first-order valence-electron chi connectivity index (χ1n) is 5.74. The van der Waals surface area contributed by atoms with Crippen molar-refractivity contribution in [2.75, 3.05) is 18.6 Å². The van der Waals surface area contributed by atoms with Gasteiger partial charge in [-0.2, -0.15) is 0 Å². The van der Waals surface area contributed by atoms with Gasteiger partial charge in [-0.05, 0) is 18.9 Å². The molecule has 1 fully saturated rings. The van der Waals surface area contributed by atoms with E-state index in [9.17, 15) is 0 Å². The van der Waals surface area contributed by atoms with E-state index in [4.69, 9.17) is 10.1 Å². The molecule has 3 heteroatoms. The number of anilines is 1. The minimum Gasteiger partial charge on any atom is -0.380 e. The van der Waals surface area contributed by atoms with E-state index in [1.807, 2.05) is 12.1 Å². The first-order valence-corrected chi connectivity index (χ1v) is 5.74. The van der Waals surface area contributed by atoms with Crippen LogP contribution in [0.5, 0.6) is 0 Å². The van der Waals surface area contributed by atoms with E-state index in [1.54, 1.807) is 7.11 Å². The highest BCUT2D eigenvalue weighted by Gasteiger charge is 2.18. The second-order valence-corrected chi connectivity index (χ2v) is 4.12. The van der Waals surface area contributed by atoms with Crippen LogP contribution in [0, 0.1) is 5.41 Å². The highest BCUT2D eigenvalue weighted by molar-refractivity contribution is 5.96. The molecular formula is C13H18N2O. The molecule has 1 heterocycles. The molecule has 0 radical (unpaired) electrons. The van der Waals surface area contributed by atoms with Crippen LogP contribution in [0.2, 0.25) is 0 Å². The number of amidine groups is 1. The predicted octanol–water partition coefficient (Wildman–Crippen LogP) is 2.80. The topological polar surface area (TPSA) is 36.3 Å². The highest BCUT2D eigenvalue weighted by atomic mass is 16.5. The van der Waals surface area contributed by atoms with Crippen LogP contribution in [0.15, 0.2) is 24.3 Å². The largest absolute Gasteiger partial charge is 0.380 e. The number of para-hydroxylation sites is 1. The van der Waals surface area contributed by atoms with Gasteiger partial charge in [0.25, 0.3) is 0 Å². The van der Waals surface area contributed by atoms with Gasteiger partial charge in [-0.15, -0.1) is 0 Å². The third kappa shape index (κ3) is 2.25. The zero-order valence-corrected chi connectivity index (χ0v) is 9.70. The van der Waals surface area contributed by atoms with Crippen molar-refractivity contribution < 1.29 is 4.74 Å². The van der Waals surface area contributed by atoms with E-state index in [2.05, 4.69) is 17.0 Å². The van der Waals surface area contributed by atoms with Crippen LogP contribution in [0.4, 0.5) is 5.69 Å². The number of hydrogen-bond donors (Lipinski definition) is 1. The van der Waals surface area contributed by atoms with E-state index in [1.165, 1.54) is 6.42 Å². The van der Waals surface area contributed by atoms with Gasteiger partial charge >= 0.3 is 0 Å². The first kappa shape index (κ1) is 11.1. The lowest BCUT2D eigenvalue weighted by Crippen LogP contribution is -2.35. The summed E-state index contributed by atoms with van der Waals surface area (Å²) in [5.41, 5.74) is 2.30. The molecule has 0 unspecified atom stereocenters. The van der Waals surface area contributed by atoms with Crippen LogP contribution in [0.3, 0.4) is 0 Å². The number of rotatable bonds is 3. The van der Waals surface area contributed by atoms with Crippen LogP contribution in [0.1, 0.15) is 24.8 Å². The van der Waals surface area contributed by atoms with Crippen LogP contribution in [-0.2, 0) is 11.3 Å². The molecule has 2 rings (SSSR count). The van der Waals surface area contributed by atoms with Gasteiger partial charge < -0.3 is 9.64 Å². The SMILES string of the molecule is COCc1ccccc1N1CCCCC1=N. The molecule has 0 aliphatic carbocycles. The maximum absolute atomic E-state index is 8.00. The Morgan fingerprint density at radius 3 is 2.88 bits per heavy atom. The van der Waals surface area contributed by atoms with Crippen LogP contribution < -0.4 is 4.90 Å². The number of nitrogens with one attached hydrogen (secondary N) is 1. The summed E-state index contributed by atoms with van der Waals surface area (Å²) in [5.74, 6) is 0.731. The summed E-state index contributed by atoms with van der Waals surface area (Å²) in [7, 11) is 1.71. The van der Waals surface area contributed by atoms with Crippen molar-refractivity contribution in [2.45, 2.75) is 25.9 Å². The van der Waals surface area contributed by atoms with Crippen molar-refractivity contribution in [1.29, 1.82) is 5.41 Å². The summed E-state index contributed by atoms with van der Waals surface area (Å²) in [6, 6.07) is 8.19. The standard InChI is InChI=1S/C13H18N2O/c1-16-10-11-6-2-3-7-12(11)15-9-5-4-8-13(15)14/h2-3,6-7,14H,4-5,8-10H2,1H3. The van der Waals surface area contributed by atoms with E-state index in [0.717, 1.165) is 36.5 Å². The fourth-order valence-electron chi connectivity index (χ4n) is 2.15. The molecule has 86 valence electrons. The molecule has 0 bridgehead atoms. The fraction of sp³-hybridized carbons (Fsp3) is 0.462. The lowest BCUT2D eigenvalue weighted by molar-refractivity contribution is 0.185. The molecule has 0 amide bonds. The van der Waals surface area contributed by atoms with Crippen LogP contribution in [-0.4, -0.2) is 19.5 Å². The monoisotopic (exact) mass is 218 g/mol. The summed E-state index contributed by atoms with van der Waals surface area (Å²) in [4.78, 5) is 2.11. The lowest BCUT2D eigenvalue weighted by Gasteiger charge is -2.31. The third-order valence-electron chi connectivity index (χ3n) is 2.95. The zero-order valence-electron chi connectivity index (χ0n) is 9.70. The van der Waals surface area contributed by atoms with E-state index in [-0.39, 0.29) is 0 Å². The summed E-state index contributed by atoms with van der Waals surface area (Å²) in [5, 5.41) is 8.00. The Labute approximate surface area is 96.5 Å². The van der Waals surface area contributed by atoms with Gasteiger partial charge in [-0.1, -0.05) is 18.2 Å². The van der Waals surface area contributed by atoms with Crippen molar-refractivity contribution in [3.8, 4) is 0 Å². The summed E-state index contributed by atoms with van der Waals surface area (Å²) < 4.78 is 5.20. The Bertz CT molecular complexity index is 376. The smallest absolute Gasteiger partial charge is 0.100 e. The number of ether oxygens (including phenoxy) is 1. The Hall–Kier alpha value is -1.35.